The largest absolute Gasteiger partial charge is 0.490 e. The summed E-state index contributed by atoms with van der Waals surface area (Å²) < 4.78 is 39.2. The van der Waals surface area contributed by atoms with Gasteiger partial charge in [-0.3, -0.25) is 0 Å². The zero-order valence-electron chi connectivity index (χ0n) is 23.3. The third kappa shape index (κ3) is 5.76. The summed E-state index contributed by atoms with van der Waals surface area (Å²) >= 11 is 0. The maximum Gasteiger partial charge on any atom is 0.127 e. The van der Waals surface area contributed by atoms with Crippen molar-refractivity contribution in [1.82, 2.24) is 0 Å². The minimum atomic E-state index is -0.666. The Labute approximate surface area is 241 Å². The summed E-state index contributed by atoms with van der Waals surface area (Å²) in [6, 6.07) is 14.6. The molecule has 2 aromatic rings. The van der Waals surface area contributed by atoms with E-state index in [1.807, 2.05) is 6.08 Å². The molecule has 5 heterocycles. The second kappa shape index (κ2) is 12.0. The summed E-state index contributed by atoms with van der Waals surface area (Å²) in [5.41, 5.74) is 0. The Morgan fingerprint density at radius 2 is 1.56 bits per heavy atom. The van der Waals surface area contributed by atoms with Gasteiger partial charge in [-0.05, 0) is 24.3 Å². The van der Waals surface area contributed by atoms with Crippen LogP contribution in [0, 0.1) is 0 Å². The predicted octanol–water partition coefficient (Wildman–Crippen LogP) is 5.06. The second-order valence-electron chi connectivity index (χ2n) is 11.9. The fraction of sp³-hybridized carbons (Fsp3) is 0.529. The van der Waals surface area contributed by atoms with E-state index in [4.69, 9.17) is 28.4 Å². The lowest BCUT2D eigenvalue weighted by Crippen LogP contribution is -2.56. The molecule has 7 nitrogen and oxygen atoms in total. The normalized spacial score (nSPS) is 41.2. The Bertz CT molecular complexity index is 1270. The van der Waals surface area contributed by atoms with Crippen molar-refractivity contribution in [3.05, 3.63) is 79.4 Å². The Hall–Kier alpha value is -2.52. The Balaban J connectivity index is 1.03. The van der Waals surface area contributed by atoms with Crippen LogP contribution < -0.4 is 4.74 Å². The van der Waals surface area contributed by atoms with E-state index < -0.39 is 6.10 Å². The minimum absolute atomic E-state index is 0.0140. The molecule has 1 N–H and O–H groups in total. The SMILES string of the molecule is C=CC[C@H]1O[C@H]2C=C[C@H]3O[C@H]4C[C@H]5OCC[C@H](Oc6cccc7ccccc67)C[C@@H]5O[C@@H]4C[C@@H]3O[C@@H]2C/C=C\[C@@H]1O. The molecule has 7 heteroatoms. The second-order valence-corrected chi connectivity index (χ2v) is 11.9. The Morgan fingerprint density at radius 3 is 2.46 bits per heavy atom. The fourth-order valence-corrected chi connectivity index (χ4v) is 7.02. The molecule has 0 radical (unpaired) electrons. The Morgan fingerprint density at radius 1 is 0.805 bits per heavy atom. The van der Waals surface area contributed by atoms with Gasteiger partial charge < -0.3 is 33.5 Å². The predicted molar refractivity (Wildman–Crippen MR) is 155 cm³/mol. The number of rotatable bonds is 4. The van der Waals surface area contributed by atoms with Gasteiger partial charge in [0.25, 0.3) is 0 Å². The lowest BCUT2D eigenvalue weighted by Gasteiger charge is -2.47. The van der Waals surface area contributed by atoms with E-state index in [2.05, 4.69) is 61.2 Å². The maximum absolute atomic E-state index is 10.5. The first-order valence-corrected chi connectivity index (χ1v) is 15.2. The van der Waals surface area contributed by atoms with Gasteiger partial charge in [-0.15, -0.1) is 6.58 Å². The van der Waals surface area contributed by atoms with Gasteiger partial charge in [-0.1, -0.05) is 66.8 Å². The van der Waals surface area contributed by atoms with E-state index in [-0.39, 0.29) is 61.0 Å². The molecule has 0 aromatic heterocycles. The molecule has 5 aliphatic rings. The fourth-order valence-electron chi connectivity index (χ4n) is 7.02. The highest BCUT2D eigenvalue weighted by atomic mass is 16.6. The van der Waals surface area contributed by atoms with Crippen LogP contribution >= 0.6 is 0 Å². The monoisotopic (exact) mass is 560 g/mol. The van der Waals surface area contributed by atoms with Crippen LogP contribution in [-0.2, 0) is 23.7 Å². The molecule has 0 aliphatic carbocycles. The van der Waals surface area contributed by atoms with Crippen LogP contribution in [0.1, 0.15) is 38.5 Å². The number of fused-ring (bicyclic) bond motifs is 5. The molecule has 0 saturated carbocycles. The van der Waals surface area contributed by atoms with Gasteiger partial charge in [0.1, 0.15) is 24.1 Å². The first-order chi connectivity index (χ1) is 20.1. The highest BCUT2D eigenvalue weighted by Gasteiger charge is 2.48. The van der Waals surface area contributed by atoms with Crippen LogP contribution in [-0.4, -0.2) is 78.9 Å². The van der Waals surface area contributed by atoms with Gasteiger partial charge in [0.2, 0.25) is 0 Å². The van der Waals surface area contributed by atoms with Crippen molar-refractivity contribution in [2.75, 3.05) is 6.61 Å². The third-order valence-electron chi connectivity index (χ3n) is 9.14. The maximum atomic E-state index is 10.5. The zero-order valence-corrected chi connectivity index (χ0v) is 23.3. The molecule has 218 valence electrons. The van der Waals surface area contributed by atoms with Gasteiger partial charge >= 0.3 is 0 Å². The number of hydrogen-bond acceptors (Lipinski definition) is 7. The van der Waals surface area contributed by atoms with Gasteiger partial charge in [0.05, 0.1) is 55.4 Å². The van der Waals surface area contributed by atoms with Crippen LogP contribution in [0.5, 0.6) is 5.75 Å². The standard InChI is InChI=1S/C34H40O7/c1-2-7-26-24(35)11-6-13-27-28(38-26)14-15-29-32(39-27)20-34-33(40-29)19-30-31(41-34)18-22(16-17-36-30)37-25-12-5-9-21-8-3-4-10-23(21)25/h2-6,8-12,14-15,22,24,26-35H,1,7,13,16-20H2/b11-6-/t22-,24-,26+,27+,28-,29+,30+,31-,32-,33-,34+/m0/s1. The van der Waals surface area contributed by atoms with E-state index in [1.54, 1.807) is 12.2 Å². The average Bonchev–Trinajstić information content (AvgIpc) is 3.27. The van der Waals surface area contributed by atoms with Crippen LogP contribution in [0.4, 0.5) is 0 Å². The van der Waals surface area contributed by atoms with Gasteiger partial charge in [0, 0.05) is 31.1 Å². The van der Waals surface area contributed by atoms with E-state index in [1.165, 1.54) is 5.39 Å². The molecular formula is C34H40O7. The molecule has 0 bridgehead atoms. The topological polar surface area (TPSA) is 75.6 Å². The van der Waals surface area contributed by atoms with Crippen molar-refractivity contribution >= 4 is 10.8 Å². The highest BCUT2D eigenvalue weighted by molar-refractivity contribution is 5.88. The van der Waals surface area contributed by atoms with Crippen molar-refractivity contribution in [2.45, 2.75) is 106 Å². The van der Waals surface area contributed by atoms with E-state index in [0.717, 1.165) is 36.8 Å². The molecule has 0 amide bonds. The van der Waals surface area contributed by atoms with Gasteiger partial charge in [-0.25, -0.2) is 0 Å². The number of hydrogen-bond donors (Lipinski definition) is 1. The smallest absolute Gasteiger partial charge is 0.127 e. The van der Waals surface area contributed by atoms with Crippen molar-refractivity contribution in [3.63, 3.8) is 0 Å². The van der Waals surface area contributed by atoms with Gasteiger partial charge in [-0.2, -0.15) is 0 Å². The van der Waals surface area contributed by atoms with Crippen molar-refractivity contribution in [1.29, 1.82) is 0 Å². The zero-order chi connectivity index (χ0) is 27.8. The first-order valence-electron chi connectivity index (χ1n) is 15.2. The molecule has 3 fully saturated rings. The summed E-state index contributed by atoms with van der Waals surface area (Å²) in [5.74, 6) is 0.913. The molecule has 2 aromatic carbocycles. The van der Waals surface area contributed by atoms with Crippen molar-refractivity contribution in [2.24, 2.45) is 0 Å². The summed E-state index contributed by atoms with van der Waals surface area (Å²) in [4.78, 5) is 0. The van der Waals surface area contributed by atoms with Crippen LogP contribution in [0.3, 0.4) is 0 Å². The summed E-state index contributed by atoms with van der Waals surface area (Å²) in [5, 5.41) is 12.8. The minimum Gasteiger partial charge on any atom is -0.490 e. The van der Waals surface area contributed by atoms with Crippen LogP contribution in [0.2, 0.25) is 0 Å². The molecular weight excluding hydrogens is 520 g/mol. The number of ether oxygens (including phenoxy) is 6. The molecule has 41 heavy (non-hydrogen) atoms. The van der Waals surface area contributed by atoms with Crippen LogP contribution in [0.15, 0.2) is 79.4 Å². The molecule has 7 rings (SSSR count). The Kier molecular flexibility index (Phi) is 7.99. The number of aliphatic hydroxyl groups is 1. The number of benzene rings is 2. The molecule has 11 atom stereocenters. The lowest BCUT2D eigenvalue weighted by molar-refractivity contribution is -0.253. The van der Waals surface area contributed by atoms with E-state index in [0.29, 0.717) is 19.4 Å². The van der Waals surface area contributed by atoms with Crippen molar-refractivity contribution < 1.29 is 33.5 Å². The molecule has 5 aliphatic heterocycles. The van der Waals surface area contributed by atoms with Crippen molar-refractivity contribution in [3.8, 4) is 5.75 Å². The van der Waals surface area contributed by atoms with E-state index >= 15 is 0 Å². The lowest BCUT2D eigenvalue weighted by atomic mass is 9.89. The number of aliphatic hydroxyl groups excluding tert-OH is 1. The summed E-state index contributed by atoms with van der Waals surface area (Å²) in [6.07, 6.45) is 12.2. The molecule has 0 unspecified atom stereocenters. The quantitative estimate of drug-likeness (QED) is 0.524. The molecule has 3 saturated heterocycles. The molecule has 0 spiro atoms. The highest BCUT2D eigenvalue weighted by Crippen LogP contribution is 2.40. The van der Waals surface area contributed by atoms with Crippen LogP contribution in [0.25, 0.3) is 10.8 Å². The first kappa shape index (κ1) is 27.3. The van der Waals surface area contributed by atoms with E-state index in [9.17, 15) is 5.11 Å². The summed E-state index contributed by atoms with van der Waals surface area (Å²) in [6.45, 7) is 4.46. The summed E-state index contributed by atoms with van der Waals surface area (Å²) in [7, 11) is 0. The third-order valence-corrected chi connectivity index (χ3v) is 9.14. The average molecular weight is 561 g/mol. The van der Waals surface area contributed by atoms with Gasteiger partial charge in [0.15, 0.2) is 0 Å².